The van der Waals surface area contributed by atoms with Gasteiger partial charge in [0.2, 0.25) is 10.0 Å². The van der Waals surface area contributed by atoms with Gasteiger partial charge in [-0.05, 0) is 31.0 Å². The van der Waals surface area contributed by atoms with Crippen LogP contribution >= 0.6 is 0 Å². The largest absolute Gasteiger partial charge is 0.384 e. The summed E-state index contributed by atoms with van der Waals surface area (Å²) < 4.78 is 26.0. The molecule has 4 nitrogen and oxygen atoms in total. The Hall–Kier alpha value is -1.35. The number of benzene rings is 1. The zero-order valence-electron chi connectivity index (χ0n) is 11.2. The maximum atomic E-state index is 11.7. The summed E-state index contributed by atoms with van der Waals surface area (Å²) >= 11 is 0. The van der Waals surface area contributed by atoms with Gasteiger partial charge in [-0.15, -0.1) is 0 Å². The highest BCUT2D eigenvalue weighted by molar-refractivity contribution is 7.89. The number of sulfonamides is 1. The Morgan fingerprint density at radius 1 is 1.32 bits per heavy atom. The fourth-order valence-corrected chi connectivity index (χ4v) is 2.99. The molecule has 0 saturated heterocycles. The van der Waals surface area contributed by atoms with Gasteiger partial charge in [-0.3, -0.25) is 0 Å². The number of nitrogens with one attached hydrogen (secondary N) is 1. The molecule has 5 heteroatoms. The summed E-state index contributed by atoms with van der Waals surface area (Å²) in [7, 11) is -3.21. The van der Waals surface area contributed by atoms with Crippen LogP contribution in [0.4, 0.5) is 0 Å². The fourth-order valence-electron chi connectivity index (χ4n) is 1.66. The molecule has 0 bridgehead atoms. The molecule has 1 rings (SSSR count). The third-order valence-corrected chi connectivity index (χ3v) is 4.21. The Bertz CT molecular complexity index is 553. The summed E-state index contributed by atoms with van der Waals surface area (Å²) in [6.07, 6.45) is 0.595. The SMILES string of the molecule is CCCS(=O)(=O)NC(C)c1ccc(C#CCO)cc1. The minimum atomic E-state index is -3.21. The summed E-state index contributed by atoms with van der Waals surface area (Å²) in [6.45, 7) is 3.47. The number of rotatable bonds is 5. The van der Waals surface area contributed by atoms with Gasteiger partial charge in [0, 0.05) is 11.6 Å². The van der Waals surface area contributed by atoms with Crippen molar-refractivity contribution in [3.63, 3.8) is 0 Å². The summed E-state index contributed by atoms with van der Waals surface area (Å²) in [6, 6.07) is 7.02. The van der Waals surface area contributed by atoms with Crippen LogP contribution in [0.25, 0.3) is 0 Å². The molecule has 0 aliphatic heterocycles. The zero-order chi connectivity index (χ0) is 14.3. The van der Waals surface area contributed by atoms with Gasteiger partial charge in [0.05, 0.1) is 5.75 Å². The second-order valence-corrected chi connectivity index (χ2v) is 6.11. The quantitative estimate of drug-likeness (QED) is 0.802. The van der Waals surface area contributed by atoms with Gasteiger partial charge in [0.15, 0.2) is 0 Å². The van der Waals surface area contributed by atoms with Gasteiger partial charge < -0.3 is 5.11 Å². The topological polar surface area (TPSA) is 66.4 Å². The van der Waals surface area contributed by atoms with Crippen molar-refractivity contribution in [2.45, 2.75) is 26.3 Å². The first kappa shape index (κ1) is 15.7. The van der Waals surface area contributed by atoms with E-state index in [-0.39, 0.29) is 18.4 Å². The Balaban J connectivity index is 2.75. The number of hydrogen-bond donors (Lipinski definition) is 2. The third-order valence-electron chi connectivity index (χ3n) is 2.55. The molecule has 1 aromatic carbocycles. The van der Waals surface area contributed by atoms with Crippen LogP contribution in [0.5, 0.6) is 0 Å². The van der Waals surface area contributed by atoms with Gasteiger partial charge in [0.25, 0.3) is 0 Å². The smallest absolute Gasteiger partial charge is 0.212 e. The van der Waals surface area contributed by atoms with Crippen molar-refractivity contribution in [2.75, 3.05) is 12.4 Å². The predicted molar refractivity (Wildman–Crippen MR) is 76.0 cm³/mol. The number of aliphatic hydroxyl groups is 1. The molecular weight excluding hydrogens is 262 g/mol. The van der Waals surface area contributed by atoms with Gasteiger partial charge in [-0.1, -0.05) is 30.9 Å². The van der Waals surface area contributed by atoms with Gasteiger partial charge in [-0.2, -0.15) is 0 Å². The monoisotopic (exact) mass is 281 g/mol. The van der Waals surface area contributed by atoms with Crippen LogP contribution in [-0.4, -0.2) is 25.9 Å². The second kappa shape index (κ2) is 7.29. The molecule has 0 aromatic heterocycles. The van der Waals surface area contributed by atoms with Crippen molar-refractivity contribution in [3.8, 4) is 11.8 Å². The highest BCUT2D eigenvalue weighted by atomic mass is 32.2. The van der Waals surface area contributed by atoms with Crippen LogP contribution < -0.4 is 4.72 Å². The maximum absolute atomic E-state index is 11.7. The molecular formula is C14H19NO3S. The molecule has 2 N–H and O–H groups in total. The minimum Gasteiger partial charge on any atom is -0.384 e. The van der Waals surface area contributed by atoms with Crippen molar-refractivity contribution in [2.24, 2.45) is 0 Å². The highest BCUT2D eigenvalue weighted by Crippen LogP contribution is 2.14. The van der Waals surface area contributed by atoms with E-state index in [2.05, 4.69) is 16.6 Å². The van der Waals surface area contributed by atoms with Crippen LogP contribution in [-0.2, 0) is 10.0 Å². The third kappa shape index (κ3) is 5.43. The lowest BCUT2D eigenvalue weighted by atomic mass is 10.1. The van der Waals surface area contributed by atoms with Crippen LogP contribution in [0.3, 0.4) is 0 Å². The molecule has 104 valence electrons. The lowest BCUT2D eigenvalue weighted by molar-refractivity contribution is 0.350. The average Bonchev–Trinajstić information content (AvgIpc) is 2.36. The lowest BCUT2D eigenvalue weighted by Gasteiger charge is -2.14. The molecule has 1 unspecified atom stereocenters. The first-order valence-corrected chi connectivity index (χ1v) is 7.83. The fraction of sp³-hybridized carbons (Fsp3) is 0.429. The molecule has 0 amide bonds. The van der Waals surface area contributed by atoms with Crippen molar-refractivity contribution in [1.82, 2.24) is 4.72 Å². The van der Waals surface area contributed by atoms with E-state index in [1.54, 1.807) is 0 Å². The molecule has 0 saturated carbocycles. The lowest BCUT2D eigenvalue weighted by Crippen LogP contribution is -2.28. The molecule has 0 spiro atoms. The maximum Gasteiger partial charge on any atom is 0.212 e. The van der Waals surface area contributed by atoms with E-state index in [9.17, 15) is 8.42 Å². The highest BCUT2D eigenvalue weighted by Gasteiger charge is 2.14. The Morgan fingerprint density at radius 3 is 2.47 bits per heavy atom. The molecule has 1 atom stereocenters. The van der Waals surface area contributed by atoms with Crippen molar-refractivity contribution >= 4 is 10.0 Å². The molecule has 0 heterocycles. The van der Waals surface area contributed by atoms with E-state index in [4.69, 9.17) is 5.11 Å². The van der Waals surface area contributed by atoms with E-state index in [1.807, 2.05) is 38.1 Å². The van der Waals surface area contributed by atoms with Crippen LogP contribution in [0.1, 0.15) is 37.4 Å². The Kier molecular flexibility index (Phi) is 6.03. The van der Waals surface area contributed by atoms with Crippen LogP contribution in [0.15, 0.2) is 24.3 Å². The van der Waals surface area contributed by atoms with Crippen LogP contribution in [0, 0.1) is 11.8 Å². The first-order valence-electron chi connectivity index (χ1n) is 6.18. The van der Waals surface area contributed by atoms with Gasteiger partial charge in [0.1, 0.15) is 6.61 Å². The Morgan fingerprint density at radius 2 is 1.95 bits per heavy atom. The zero-order valence-corrected chi connectivity index (χ0v) is 12.0. The standard InChI is InChI=1S/C14H19NO3S/c1-3-11-19(17,18)15-12(2)14-8-6-13(7-9-14)5-4-10-16/h6-9,12,15-16H,3,10-11H2,1-2H3. The molecule has 0 aliphatic rings. The van der Waals surface area contributed by atoms with Gasteiger partial charge >= 0.3 is 0 Å². The summed E-state index contributed by atoms with van der Waals surface area (Å²) in [5.74, 6) is 5.49. The van der Waals surface area contributed by atoms with Gasteiger partial charge in [-0.25, -0.2) is 13.1 Å². The second-order valence-electron chi connectivity index (χ2n) is 4.24. The van der Waals surface area contributed by atoms with Crippen LogP contribution in [0.2, 0.25) is 0 Å². The van der Waals surface area contributed by atoms with E-state index >= 15 is 0 Å². The molecule has 0 fully saturated rings. The molecule has 19 heavy (non-hydrogen) atoms. The van der Waals surface area contributed by atoms with Crippen molar-refractivity contribution in [3.05, 3.63) is 35.4 Å². The Labute approximate surface area is 114 Å². The summed E-state index contributed by atoms with van der Waals surface area (Å²) in [5.41, 5.74) is 1.68. The average molecular weight is 281 g/mol. The van der Waals surface area contributed by atoms with E-state index in [0.29, 0.717) is 6.42 Å². The molecule has 0 radical (unpaired) electrons. The molecule has 1 aromatic rings. The normalized spacial score (nSPS) is 12.6. The number of hydrogen-bond acceptors (Lipinski definition) is 3. The van der Waals surface area contributed by atoms with E-state index in [1.165, 1.54) is 0 Å². The van der Waals surface area contributed by atoms with E-state index in [0.717, 1.165) is 11.1 Å². The minimum absolute atomic E-state index is 0.136. The van der Waals surface area contributed by atoms with E-state index < -0.39 is 10.0 Å². The summed E-state index contributed by atoms with van der Waals surface area (Å²) in [4.78, 5) is 0. The summed E-state index contributed by atoms with van der Waals surface area (Å²) in [5, 5.41) is 8.60. The first-order chi connectivity index (χ1) is 8.98. The number of aliphatic hydroxyl groups excluding tert-OH is 1. The molecule has 0 aliphatic carbocycles. The van der Waals surface area contributed by atoms with Crippen molar-refractivity contribution in [1.29, 1.82) is 0 Å². The van der Waals surface area contributed by atoms with Crippen molar-refractivity contribution < 1.29 is 13.5 Å². The predicted octanol–water partition coefficient (Wildman–Crippen LogP) is 1.42.